The van der Waals surface area contributed by atoms with Gasteiger partial charge in [-0.2, -0.15) is 0 Å². The van der Waals surface area contributed by atoms with Gasteiger partial charge in [0.25, 0.3) is 0 Å². The standard InChI is InChI=1S/C19H26O3/c1-18-8-6-13(21)10-12(18)2-3-14-15(18)7-9-19(11-20)16(14)4-5-17(19)22/h10,14-16,20H,2-9,11H2,1H3/t14-,15+,16+,18+,19-/m1/s1. The largest absolute Gasteiger partial charge is 0.395 e. The maximum Gasteiger partial charge on any atom is 0.155 e. The maximum absolute atomic E-state index is 12.4. The molecule has 3 saturated carbocycles. The number of rotatable bonds is 1. The van der Waals surface area contributed by atoms with E-state index in [0.717, 1.165) is 38.5 Å². The Bertz CT molecular complexity index is 563. The lowest BCUT2D eigenvalue weighted by atomic mass is 9.47. The van der Waals surface area contributed by atoms with E-state index >= 15 is 0 Å². The number of carbonyl (C=O) groups excluding carboxylic acids is 2. The number of allylic oxidation sites excluding steroid dienone is 1. The predicted octanol–water partition coefficient (Wildman–Crippen LogP) is 3.06. The Morgan fingerprint density at radius 2 is 1.91 bits per heavy atom. The van der Waals surface area contributed by atoms with Crippen LogP contribution < -0.4 is 0 Å². The lowest BCUT2D eigenvalue weighted by molar-refractivity contribution is -0.138. The molecular formula is C19H26O3. The van der Waals surface area contributed by atoms with Crippen molar-refractivity contribution in [2.24, 2.45) is 28.6 Å². The monoisotopic (exact) mass is 302 g/mol. The van der Waals surface area contributed by atoms with Crippen LogP contribution in [-0.4, -0.2) is 23.3 Å². The first-order valence-corrected chi connectivity index (χ1v) is 8.89. The van der Waals surface area contributed by atoms with Crippen LogP contribution in [-0.2, 0) is 9.59 Å². The molecule has 0 aromatic carbocycles. The number of aliphatic hydroxyl groups excluding tert-OH is 1. The van der Waals surface area contributed by atoms with Crippen molar-refractivity contribution >= 4 is 11.6 Å². The molecule has 0 heterocycles. The zero-order valence-corrected chi connectivity index (χ0v) is 13.4. The van der Waals surface area contributed by atoms with Gasteiger partial charge in [0, 0.05) is 12.8 Å². The Hall–Kier alpha value is -0.960. The van der Waals surface area contributed by atoms with Crippen LogP contribution in [0.25, 0.3) is 0 Å². The summed E-state index contributed by atoms with van der Waals surface area (Å²) in [6.07, 6.45) is 9.20. The topological polar surface area (TPSA) is 54.4 Å². The number of Topliss-reactive ketones (excluding diaryl/α,β-unsaturated/α-hetero) is 1. The minimum absolute atomic E-state index is 0.0393. The summed E-state index contributed by atoms with van der Waals surface area (Å²) in [5.41, 5.74) is 1.10. The van der Waals surface area contributed by atoms with Crippen molar-refractivity contribution in [2.45, 2.75) is 58.3 Å². The molecule has 4 aliphatic rings. The van der Waals surface area contributed by atoms with Crippen molar-refractivity contribution in [2.75, 3.05) is 6.61 Å². The van der Waals surface area contributed by atoms with Crippen LogP contribution in [0.1, 0.15) is 58.3 Å². The van der Waals surface area contributed by atoms with Crippen LogP contribution >= 0.6 is 0 Å². The average Bonchev–Trinajstić information content (AvgIpc) is 2.86. The summed E-state index contributed by atoms with van der Waals surface area (Å²) in [7, 11) is 0. The molecule has 3 fully saturated rings. The van der Waals surface area contributed by atoms with Gasteiger partial charge in [-0.3, -0.25) is 9.59 Å². The Labute approximate surface area is 132 Å². The quantitative estimate of drug-likeness (QED) is 0.810. The molecule has 0 aromatic rings. The Morgan fingerprint density at radius 3 is 2.68 bits per heavy atom. The lowest BCUT2D eigenvalue weighted by Crippen LogP contribution is -2.52. The van der Waals surface area contributed by atoms with E-state index in [1.807, 2.05) is 6.08 Å². The van der Waals surface area contributed by atoms with Gasteiger partial charge in [0.1, 0.15) is 5.78 Å². The highest BCUT2D eigenvalue weighted by molar-refractivity contribution is 5.91. The molecule has 0 aromatic heterocycles. The van der Waals surface area contributed by atoms with Gasteiger partial charge in [0.05, 0.1) is 12.0 Å². The summed E-state index contributed by atoms with van der Waals surface area (Å²) in [6, 6.07) is 0. The van der Waals surface area contributed by atoms with E-state index in [0.29, 0.717) is 42.2 Å². The molecule has 0 saturated heterocycles. The third-order valence-corrected chi connectivity index (χ3v) is 7.69. The summed E-state index contributed by atoms with van der Waals surface area (Å²) in [5.74, 6) is 2.13. The smallest absolute Gasteiger partial charge is 0.155 e. The molecule has 0 amide bonds. The van der Waals surface area contributed by atoms with Crippen molar-refractivity contribution in [3.8, 4) is 0 Å². The molecule has 120 valence electrons. The minimum Gasteiger partial charge on any atom is -0.395 e. The molecule has 0 spiro atoms. The van der Waals surface area contributed by atoms with E-state index in [4.69, 9.17) is 0 Å². The molecule has 22 heavy (non-hydrogen) atoms. The number of ketones is 2. The van der Waals surface area contributed by atoms with Crippen LogP contribution in [0.15, 0.2) is 11.6 Å². The number of hydrogen-bond donors (Lipinski definition) is 1. The number of hydrogen-bond acceptors (Lipinski definition) is 3. The van der Waals surface area contributed by atoms with Crippen molar-refractivity contribution in [1.29, 1.82) is 0 Å². The van der Waals surface area contributed by atoms with E-state index in [2.05, 4.69) is 6.92 Å². The molecule has 3 nitrogen and oxygen atoms in total. The van der Waals surface area contributed by atoms with Crippen LogP contribution in [0.2, 0.25) is 0 Å². The predicted molar refractivity (Wildman–Crippen MR) is 83.1 cm³/mol. The van der Waals surface area contributed by atoms with Crippen LogP contribution in [0.5, 0.6) is 0 Å². The summed E-state index contributed by atoms with van der Waals surface area (Å²) in [5, 5.41) is 9.97. The van der Waals surface area contributed by atoms with E-state index < -0.39 is 5.41 Å². The molecule has 5 atom stereocenters. The normalized spacial score (nSPS) is 47.5. The van der Waals surface area contributed by atoms with Crippen molar-refractivity contribution < 1.29 is 14.7 Å². The maximum atomic E-state index is 12.4. The van der Waals surface area contributed by atoms with Gasteiger partial charge in [-0.05, 0) is 67.8 Å². The number of aliphatic hydroxyl groups is 1. The third-order valence-electron chi connectivity index (χ3n) is 7.69. The van der Waals surface area contributed by atoms with Gasteiger partial charge in [-0.1, -0.05) is 12.5 Å². The van der Waals surface area contributed by atoms with Gasteiger partial charge in [-0.25, -0.2) is 0 Å². The van der Waals surface area contributed by atoms with Crippen molar-refractivity contribution in [1.82, 2.24) is 0 Å². The third kappa shape index (κ3) is 1.72. The summed E-state index contributed by atoms with van der Waals surface area (Å²) < 4.78 is 0. The SMILES string of the molecule is C[C@]12CCC(=O)C=C1CC[C@H]1[C@@H]3CCC(=O)[C@@]3(CO)CC[C@@H]12. The highest BCUT2D eigenvalue weighted by Gasteiger charge is 2.60. The summed E-state index contributed by atoms with van der Waals surface area (Å²) in [6.45, 7) is 2.39. The molecule has 3 heteroatoms. The molecule has 0 aliphatic heterocycles. The second-order valence-corrected chi connectivity index (χ2v) is 8.28. The van der Waals surface area contributed by atoms with Gasteiger partial charge in [0.2, 0.25) is 0 Å². The second kappa shape index (κ2) is 4.77. The van der Waals surface area contributed by atoms with Gasteiger partial charge < -0.3 is 5.11 Å². The Morgan fingerprint density at radius 1 is 1.09 bits per heavy atom. The van der Waals surface area contributed by atoms with Crippen LogP contribution in [0.3, 0.4) is 0 Å². The molecule has 1 N–H and O–H groups in total. The fourth-order valence-electron chi connectivity index (χ4n) is 6.43. The highest BCUT2D eigenvalue weighted by Crippen LogP contribution is 2.64. The second-order valence-electron chi connectivity index (χ2n) is 8.28. The number of fused-ring (bicyclic) bond motifs is 5. The fraction of sp³-hybridized carbons (Fsp3) is 0.789. The first-order valence-electron chi connectivity index (χ1n) is 8.89. The first-order chi connectivity index (χ1) is 10.5. The lowest BCUT2D eigenvalue weighted by Gasteiger charge is -2.57. The van der Waals surface area contributed by atoms with E-state index in [1.54, 1.807) is 0 Å². The molecule has 0 radical (unpaired) electrons. The molecule has 0 unspecified atom stereocenters. The van der Waals surface area contributed by atoms with E-state index in [1.165, 1.54) is 5.57 Å². The van der Waals surface area contributed by atoms with E-state index in [-0.39, 0.29) is 12.0 Å². The zero-order valence-electron chi connectivity index (χ0n) is 13.4. The Balaban J connectivity index is 1.70. The first kappa shape index (κ1) is 14.6. The van der Waals surface area contributed by atoms with Gasteiger partial charge in [-0.15, -0.1) is 0 Å². The minimum atomic E-state index is -0.427. The van der Waals surface area contributed by atoms with Gasteiger partial charge in [0.15, 0.2) is 5.78 Å². The summed E-state index contributed by atoms with van der Waals surface area (Å²) >= 11 is 0. The highest BCUT2D eigenvalue weighted by atomic mass is 16.3. The Kier molecular flexibility index (Phi) is 3.17. The van der Waals surface area contributed by atoms with Crippen molar-refractivity contribution in [3.05, 3.63) is 11.6 Å². The van der Waals surface area contributed by atoms with E-state index in [9.17, 15) is 14.7 Å². The van der Waals surface area contributed by atoms with Crippen molar-refractivity contribution in [3.63, 3.8) is 0 Å². The number of carbonyl (C=O) groups is 2. The average molecular weight is 302 g/mol. The summed E-state index contributed by atoms with van der Waals surface area (Å²) in [4.78, 5) is 24.2. The molecule has 4 aliphatic carbocycles. The molecule has 4 rings (SSSR count). The molecule has 0 bridgehead atoms. The fourth-order valence-corrected chi connectivity index (χ4v) is 6.43. The van der Waals surface area contributed by atoms with Crippen LogP contribution in [0, 0.1) is 28.6 Å². The van der Waals surface area contributed by atoms with Crippen LogP contribution in [0.4, 0.5) is 0 Å². The molecular weight excluding hydrogens is 276 g/mol. The van der Waals surface area contributed by atoms with Gasteiger partial charge >= 0.3 is 0 Å². The zero-order chi connectivity index (χ0) is 15.5.